The van der Waals surface area contributed by atoms with E-state index in [1.54, 1.807) is 22.8 Å². The van der Waals surface area contributed by atoms with Gasteiger partial charge in [0.1, 0.15) is 0 Å². The van der Waals surface area contributed by atoms with Crippen molar-refractivity contribution < 1.29 is 8.42 Å². The van der Waals surface area contributed by atoms with Crippen molar-refractivity contribution in [1.82, 2.24) is 4.72 Å². The van der Waals surface area contributed by atoms with Crippen LogP contribution in [-0.2, 0) is 22.0 Å². The lowest BCUT2D eigenvalue weighted by molar-refractivity contribution is 0.509. The Labute approximate surface area is 127 Å². The third kappa shape index (κ3) is 3.48. The molecule has 110 valence electrons. The van der Waals surface area contributed by atoms with Crippen LogP contribution in [0.5, 0.6) is 0 Å². The van der Waals surface area contributed by atoms with E-state index in [2.05, 4.69) is 4.72 Å². The fraction of sp³-hybridized carbons (Fsp3) is 0.385. The maximum absolute atomic E-state index is 12.2. The molecule has 3 N–H and O–H groups in total. The summed E-state index contributed by atoms with van der Waals surface area (Å²) in [5.41, 5.74) is 5.28. The van der Waals surface area contributed by atoms with E-state index in [-0.39, 0.29) is 5.41 Å². The quantitative estimate of drug-likeness (QED) is 0.855. The van der Waals surface area contributed by atoms with Crippen LogP contribution in [0.15, 0.2) is 33.9 Å². The molecule has 0 aliphatic carbocycles. The van der Waals surface area contributed by atoms with Crippen molar-refractivity contribution >= 4 is 32.7 Å². The van der Waals surface area contributed by atoms with Gasteiger partial charge in [-0.3, -0.25) is 0 Å². The van der Waals surface area contributed by atoms with Gasteiger partial charge >= 0.3 is 0 Å². The molecule has 0 spiro atoms. The molecule has 4 nitrogen and oxygen atoms in total. The van der Waals surface area contributed by atoms with Gasteiger partial charge in [0.05, 0.1) is 4.90 Å². The molecule has 2 heterocycles. The van der Waals surface area contributed by atoms with Crippen LogP contribution in [-0.4, -0.2) is 15.0 Å². The van der Waals surface area contributed by atoms with E-state index >= 15 is 0 Å². The standard InChI is InChI=1S/C13H18N2O2S3/c1-13(2,12-4-3-5-18-12)9-15-20(16,17)11-6-10(7-14)19-8-11/h3-6,8,15H,7,9,14H2,1-2H3. The molecule has 0 fully saturated rings. The highest BCUT2D eigenvalue weighted by Crippen LogP contribution is 2.27. The van der Waals surface area contributed by atoms with Crippen molar-refractivity contribution in [3.8, 4) is 0 Å². The van der Waals surface area contributed by atoms with Gasteiger partial charge in [-0.15, -0.1) is 22.7 Å². The average Bonchev–Trinajstić information content (AvgIpc) is 3.07. The zero-order chi connectivity index (χ0) is 14.8. The fourth-order valence-electron chi connectivity index (χ4n) is 1.72. The minimum atomic E-state index is -3.46. The van der Waals surface area contributed by atoms with Gasteiger partial charge in [-0.25, -0.2) is 13.1 Å². The minimum Gasteiger partial charge on any atom is -0.326 e. The van der Waals surface area contributed by atoms with Crippen LogP contribution in [0.1, 0.15) is 23.6 Å². The van der Waals surface area contributed by atoms with Crippen molar-refractivity contribution in [1.29, 1.82) is 0 Å². The van der Waals surface area contributed by atoms with Crippen molar-refractivity contribution in [2.45, 2.75) is 30.7 Å². The van der Waals surface area contributed by atoms with E-state index < -0.39 is 10.0 Å². The third-order valence-electron chi connectivity index (χ3n) is 3.03. The molecule has 0 aromatic carbocycles. The van der Waals surface area contributed by atoms with Gasteiger partial charge in [-0.1, -0.05) is 19.9 Å². The molecule has 0 amide bonds. The third-order valence-corrected chi connectivity index (χ3v) is 6.76. The molecule has 2 aromatic heterocycles. The lowest BCUT2D eigenvalue weighted by Gasteiger charge is -2.23. The van der Waals surface area contributed by atoms with Gasteiger partial charge in [0.15, 0.2) is 0 Å². The Kier molecular flexibility index (Phi) is 4.66. The molecule has 20 heavy (non-hydrogen) atoms. The van der Waals surface area contributed by atoms with Crippen LogP contribution in [0.4, 0.5) is 0 Å². The van der Waals surface area contributed by atoms with Crippen LogP contribution in [0.3, 0.4) is 0 Å². The SMILES string of the molecule is CC(C)(CNS(=O)(=O)c1csc(CN)c1)c1cccs1. The number of thiophene rings is 2. The summed E-state index contributed by atoms with van der Waals surface area (Å²) in [7, 11) is -3.46. The number of nitrogens with two attached hydrogens (primary N) is 1. The highest BCUT2D eigenvalue weighted by atomic mass is 32.2. The Hall–Kier alpha value is -0.730. The topological polar surface area (TPSA) is 72.2 Å². The summed E-state index contributed by atoms with van der Waals surface area (Å²) < 4.78 is 27.2. The Morgan fingerprint density at radius 2 is 2.10 bits per heavy atom. The van der Waals surface area contributed by atoms with Gasteiger partial charge in [-0.2, -0.15) is 0 Å². The molecule has 0 atom stereocenters. The molecule has 7 heteroatoms. The normalized spacial score (nSPS) is 12.8. The molecule has 0 bridgehead atoms. The summed E-state index contributed by atoms with van der Waals surface area (Å²) in [6, 6.07) is 5.63. The molecular formula is C13H18N2O2S3. The summed E-state index contributed by atoms with van der Waals surface area (Å²) in [5.74, 6) is 0. The second-order valence-electron chi connectivity index (χ2n) is 5.14. The first-order valence-corrected chi connectivity index (χ1v) is 9.40. The van der Waals surface area contributed by atoms with Crippen molar-refractivity contribution in [3.05, 3.63) is 38.7 Å². The van der Waals surface area contributed by atoms with Gasteiger partial charge < -0.3 is 5.73 Å². The summed E-state index contributed by atoms with van der Waals surface area (Å²) >= 11 is 3.00. The molecule has 2 aromatic rings. The summed E-state index contributed by atoms with van der Waals surface area (Å²) in [4.78, 5) is 2.32. The number of rotatable bonds is 6. The second kappa shape index (κ2) is 5.95. The smallest absolute Gasteiger partial charge is 0.241 e. The molecule has 0 aliphatic rings. The van der Waals surface area contributed by atoms with Crippen LogP contribution < -0.4 is 10.5 Å². The first kappa shape index (κ1) is 15.7. The predicted octanol–water partition coefficient (Wildman–Crippen LogP) is 2.52. The predicted molar refractivity (Wildman–Crippen MR) is 84.7 cm³/mol. The zero-order valence-electron chi connectivity index (χ0n) is 11.4. The highest BCUT2D eigenvalue weighted by Gasteiger charge is 2.25. The lowest BCUT2D eigenvalue weighted by Crippen LogP contribution is -2.36. The Morgan fingerprint density at radius 3 is 2.65 bits per heavy atom. The summed E-state index contributed by atoms with van der Waals surface area (Å²) in [6.45, 7) is 4.78. The average molecular weight is 330 g/mol. The number of hydrogen-bond donors (Lipinski definition) is 2. The highest BCUT2D eigenvalue weighted by molar-refractivity contribution is 7.89. The van der Waals surface area contributed by atoms with Gasteiger partial charge in [0.2, 0.25) is 10.0 Å². The van der Waals surface area contributed by atoms with Crippen LogP contribution in [0.25, 0.3) is 0 Å². The molecule has 0 aliphatic heterocycles. The molecule has 0 radical (unpaired) electrons. The van der Waals surface area contributed by atoms with E-state index in [1.807, 2.05) is 31.4 Å². The monoisotopic (exact) mass is 330 g/mol. The fourth-order valence-corrected chi connectivity index (χ4v) is 4.94. The minimum absolute atomic E-state index is 0.228. The zero-order valence-corrected chi connectivity index (χ0v) is 13.9. The van der Waals surface area contributed by atoms with E-state index in [0.29, 0.717) is 18.0 Å². The molecule has 0 saturated carbocycles. The van der Waals surface area contributed by atoms with Gasteiger partial charge in [-0.05, 0) is 17.5 Å². The summed E-state index contributed by atoms with van der Waals surface area (Å²) in [6.07, 6.45) is 0. The van der Waals surface area contributed by atoms with Crippen LogP contribution in [0.2, 0.25) is 0 Å². The van der Waals surface area contributed by atoms with Crippen molar-refractivity contribution in [2.75, 3.05) is 6.54 Å². The molecule has 2 rings (SSSR count). The Bertz CT molecular complexity index is 658. The van der Waals surface area contributed by atoms with Crippen LogP contribution in [0, 0.1) is 0 Å². The molecule has 0 unspecified atom stereocenters. The largest absolute Gasteiger partial charge is 0.326 e. The van der Waals surface area contributed by atoms with Gasteiger partial charge in [0.25, 0.3) is 0 Å². The van der Waals surface area contributed by atoms with Gasteiger partial charge in [0, 0.05) is 33.6 Å². The summed E-state index contributed by atoms with van der Waals surface area (Å²) in [5, 5.41) is 3.63. The number of sulfonamides is 1. The van der Waals surface area contributed by atoms with Crippen molar-refractivity contribution in [3.63, 3.8) is 0 Å². The first-order valence-electron chi connectivity index (χ1n) is 6.16. The van der Waals surface area contributed by atoms with Crippen molar-refractivity contribution in [2.24, 2.45) is 5.73 Å². The maximum Gasteiger partial charge on any atom is 0.241 e. The maximum atomic E-state index is 12.2. The van der Waals surface area contributed by atoms with Crippen LogP contribution >= 0.6 is 22.7 Å². The van der Waals surface area contributed by atoms with E-state index in [1.165, 1.54) is 11.3 Å². The first-order chi connectivity index (χ1) is 9.35. The number of nitrogens with one attached hydrogen (secondary N) is 1. The Morgan fingerprint density at radius 1 is 1.35 bits per heavy atom. The lowest BCUT2D eigenvalue weighted by atomic mass is 9.92. The number of hydrogen-bond acceptors (Lipinski definition) is 5. The van der Waals surface area contributed by atoms with E-state index in [9.17, 15) is 8.42 Å². The van der Waals surface area contributed by atoms with E-state index in [4.69, 9.17) is 5.73 Å². The second-order valence-corrected chi connectivity index (χ2v) is 8.85. The molecule has 0 saturated heterocycles. The molecular weight excluding hydrogens is 312 g/mol. The Balaban J connectivity index is 2.09. The van der Waals surface area contributed by atoms with E-state index in [0.717, 1.165) is 9.75 Å².